The molecule has 1 amide bonds. The van der Waals surface area contributed by atoms with Crippen LogP contribution in [0.2, 0.25) is 0 Å². The fourth-order valence-electron chi connectivity index (χ4n) is 4.70. The van der Waals surface area contributed by atoms with Crippen molar-refractivity contribution in [3.05, 3.63) is 0 Å². The van der Waals surface area contributed by atoms with Crippen LogP contribution in [0, 0.1) is 0 Å². The lowest BCUT2D eigenvalue weighted by atomic mass is 10.0. The van der Waals surface area contributed by atoms with Crippen molar-refractivity contribution in [3.63, 3.8) is 0 Å². The lowest BCUT2D eigenvalue weighted by molar-refractivity contribution is -0.889. The van der Waals surface area contributed by atoms with Crippen LogP contribution in [-0.4, -0.2) is 79.9 Å². The average molecular weight is 599 g/mol. The third-order valence-electron chi connectivity index (χ3n) is 7.35. The number of unbranched alkanes of at least 4 members (excludes halogenated alkanes) is 13. The molecule has 0 unspecified atom stereocenters. The number of quaternary nitrogens is 1. The molecule has 40 heavy (non-hydrogen) atoms. The Labute approximate surface area is 233 Å². The quantitative estimate of drug-likeness (QED) is 0.0636. The minimum absolute atomic E-state index is 0.0760. The number of amides is 1. The molecule has 1 saturated heterocycles. The molecule has 13 heteroatoms. The van der Waals surface area contributed by atoms with Gasteiger partial charge in [-0.1, -0.05) is 84.0 Å². The van der Waals surface area contributed by atoms with Crippen LogP contribution in [0.5, 0.6) is 0 Å². The third kappa shape index (κ3) is 11.6. The van der Waals surface area contributed by atoms with Gasteiger partial charge in [-0.25, -0.2) is 4.74 Å². The summed E-state index contributed by atoms with van der Waals surface area (Å²) in [5.41, 5.74) is 0. The minimum atomic E-state index is -5.87. The predicted molar refractivity (Wildman–Crippen MR) is 137 cm³/mol. The van der Waals surface area contributed by atoms with Crippen molar-refractivity contribution in [2.75, 3.05) is 40.3 Å². The van der Waals surface area contributed by atoms with Crippen molar-refractivity contribution >= 4 is 5.91 Å². The molecule has 1 rings (SSSR count). The molecule has 0 aromatic rings. The van der Waals surface area contributed by atoms with Crippen molar-refractivity contribution in [2.45, 2.75) is 128 Å². The summed E-state index contributed by atoms with van der Waals surface area (Å²) in [4.78, 5) is 10.3. The summed E-state index contributed by atoms with van der Waals surface area (Å²) in [5, 5.41) is 2.35. The second-order valence-corrected chi connectivity index (χ2v) is 11.4. The number of likely N-dealkylation sites (N-methyl/N-ethyl adjacent to an activating group) is 1. The van der Waals surface area contributed by atoms with Gasteiger partial charge in [0.05, 0.1) is 33.7 Å². The summed E-state index contributed by atoms with van der Waals surface area (Å²) in [6, 6.07) is -11.5. The first-order chi connectivity index (χ1) is 18.5. The Bertz CT molecular complexity index is 713. The van der Waals surface area contributed by atoms with E-state index in [1.165, 1.54) is 70.6 Å². The van der Waals surface area contributed by atoms with E-state index in [9.17, 15) is 39.9 Å². The highest BCUT2D eigenvalue weighted by molar-refractivity contribution is 5.76. The highest BCUT2D eigenvalue weighted by Crippen LogP contribution is 2.55. The maximum Gasteiger partial charge on any atom is 0.439 e. The van der Waals surface area contributed by atoms with Crippen LogP contribution in [0.3, 0.4) is 0 Å². The fraction of sp³-hybridized carbons (Fsp3) is 0.963. The number of hydrogen-bond acceptors (Lipinski definition) is 3. The van der Waals surface area contributed by atoms with Gasteiger partial charge in [0, 0.05) is 13.0 Å². The number of carbonyl (C=O) groups excluding carboxylic acids is 1. The van der Waals surface area contributed by atoms with Crippen LogP contribution >= 0.6 is 0 Å². The molecule has 1 heterocycles. The number of carbonyl (C=O) groups is 1. The van der Waals surface area contributed by atoms with Crippen LogP contribution in [0.15, 0.2) is 0 Å². The Morgan fingerprint density at radius 3 is 1.50 bits per heavy atom. The monoisotopic (exact) mass is 598 g/mol. The maximum absolute atomic E-state index is 13.8. The fourth-order valence-corrected chi connectivity index (χ4v) is 4.70. The standard InChI is InChI=1S/C27H47F8N3O2/c1-4-5-6-7-8-9-10-11-12-13-14-15-16-17-21-38(2,3)22-19-36-23(39)18-20-37-24(28,29)26(32,33)40-27(34,35)25(37,30)31/h4-22H2,1-3H3/p+1. The molecule has 0 bridgehead atoms. The summed E-state index contributed by atoms with van der Waals surface area (Å²) in [7, 11) is 3.88. The van der Waals surface area contributed by atoms with Crippen molar-refractivity contribution in [3.8, 4) is 0 Å². The number of hydrogen-bond donors (Lipinski definition) is 1. The maximum atomic E-state index is 13.8. The van der Waals surface area contributed by atoms with Crippen molar-refractivity contribution < 1.29 is 49.1 Å². The Balaban J connectivity index is 2.20. The molecule has 1 aliphatic rings. The van der Waals surface area contributed by atoms with Crippen molar-refractivity contribution in [1.29, 1.82) is 0 Å². The number of ether oxygens (including phenoxy) is 1. The Morgan fingerprint density at radius 1 is 0.675 bits per heavy atom. The zero-order valence-corrected chi connectivity index (χ0v) is 24.2. The Hall–Kier alpha value is -1.21. The molecule has 0 spiro atoms. The predicted octanol–water partition coefficient (Wildman–Crippen LogP) is 7.75. The zero-order chi connectivity index (χ0) is 30.5. The van der Waals surface area contributed by atoms with Gasteiger partial charge in [-0.2, -0.15) is 40.0 Å². The number of rotatable bonds is 21. The van der Waals surface area contributed by atoms with E-state index in [1.54, 1.807) is 0 Å². The average Bonchev–Trinajstić information content (AvgIpc) is 2.82. The Kier molecular flexibility index (Phi) is 15.1. The van der Waals surface area contributed by atoms with Gasteiger partial charge in [-0.3, -0.25) is 4.79 Å². The summed E-state index contributed by atoms with van der Waals surface area (Å²) >= 11 is 0. The molecule has 1 aliphatic heterocycles. The van der Waals surface area contributed by atoms with E-state index in [4.69, 9.17) is 0 Å². The molecule has 1 N–H and O–H groups in total. The van der Waals surface area contributed by atoms with Crippen LogP contribution in [0.4, 0.5) is 35.1 Å². The van der Waals surface area contributed by atoms with Gasteiger partial charge in [0.2, 0.25) is 5.91 Å². The van der Waals surface area contributed by atoms with Crippen LogP contribution in [-0.2, 0) is 9.53 Å². The van der Waals surface area contributed by atoms with E-state index in [2.05, 4.69) is 17.0 Å². The number of halogens is 8. The normalized spacial score (nSPS) is 20.0. The highest BCUT2D eigenvalue weighted by atomic mass is 19.4. The SMILES string of the molecule is CCCCCCCCCCCCCCCC[N+](C)(C)CCNC(=O)CCN1C(F)(F)C(F)(F)OC(F)(F)C1(F)F. The zero-order valence-electron chi connectivity index (χ0n) is 24.2. The van der Waals surface area contributed by atoms with E-state index in [0.717, 1.165) is 25.8 Å². The third-order valence-corrected chi connectivity index (χ3v) is 7.35. The molecule has 1 fully saturated rings. The highest BCUT2D eigenvalue weighted by Gasteiger charge is 2.82. The molecular formula is C27H48F8N3O2+. The van der Waals surface area contributed by atoms with Crippen LogP contribution in [0.1, 0.15) is 103 Å². The smallest absolute Gasteiger partial charge is 0.350 e. The first-order valence-corrected chi connectivity index (χ1v) is 14.6. The molecule has 0 aliphatic carbocycles. The lowest BCUT2D eigenvalue weighted by Gasteiger charge is -2.47. The van der Waals surface area contributed by atoms with E-state index >= 15 is 0 Å². The number of morpholine rings is 1. The molecular weight excluding hydrogens is 550 g/mol. The number of nitrogens with zero attached hydrogens (tertiary/aromatic N) is 2. The van der Waals surface area contributed by atoms with Gasteiger partial charge in [0.15, 0.2) is 0 Å². The summed E-state index contributed by atoms with van der Waals surface area (Å²) < 4.78 is 111. The largest absolute Gasteiger partial charge is 0.439 e. The minimum Gasteiger partial charge on any atom is -0.350 e. The van der Waals surface area contributed by atoms with Gasteiger partial charge in [-0.15, -0.1) is 0 Å². The number of alkyl halides is 8. The molecule has 0 atom stereocenters. The molecule has 5 nitrogen and oxygen atoms in total. The van der Waals surface area contributed by atoms with Gasteiger partial charge >= 0.3 is 24.3 Å². The van der Waals surface area contributed by atoms with Crippen molar-refractivity contribution in [1.82, 2.24) is 10.2 Å². The van der Waals surface area contributed by atoms with Gasteiger partial charge in [-0.05, 0) is 12.8 Å². The van der Waals surface area contributed by atoms with Crippen LogP contribution < -0.4 is 5.32 Å². The summed E-state index contributed by atoms with van der Waals surface area (Å²) in [6.07, 6.45) is 4.61. The molecule has 0 saturated carbocycles. The van der Waals surface area contributed by atoms with E-state index in [-0.39, 0.29) is 6.54 Å². The summed E-state index contributed by atoms with van der Waals surface area (Å²) in [6.45, 7) is 1.85. The molecule has 0 radical (unpaired) electrons. The summed E-state index contributed by atoms with van der Waals surface area (Å²) in [5.74, 6) is -0.999. The first kappa shape index (κ1) is 36.8. The molecule has 0 aromatic heterocycles. The van der Waals surface area contributed by atoms with Gasteiger partial charge in [0.1, 0.15) is 0 Å². The molecule has 0 aromatic carbocycles. The second kappa shape index (κ2) is 16.4. The van der Waals surface area contributed by atoms with E-state index < -0.39 is 48.1 Å². The van der Waals surface area contributed by atoms with E-state index in [0.29, 0.717) is 11.0 Å². The van der Waals surface area contributed by atoms with Crippen molar-refractivity contribution in [2.24, 2.45) is 0 Å². The lowest BCUT2D eigenvalue weighted by Crippen LogP contribution is -2.74. The van der Waals surface area contributed by atoms with E-state index in [1.807, 2.05) is 14.1 Å². The first-order valence-electron chi connectivity index (χ1n) is 14.6. The van der Waals surface area contributed by atoms with Gasteiger partial charge in [0.25, 0.3) is 0 Å². The second-order valence-electron chi connectivity index (χ2n) is 11.4. The van der Waals surface area contributed by atoms with Crippen LogP contribution in [0.25, 0.3) is 0 Å². The van der Waals surface area contributed by atoms with Gasteiger partial charge < -0.3 is 9.80 Å². The Morgan fingerprint density at radius 2 is 1.07 bits per heavy atom. The number of nitrogens with one attached hydrogen (secondary N) is 1. The topological polar surface area (TPSA) is 41.6 Å². The molecule has 238 valence electrons.